The van der Waals surface area contributed by atoms with Crippen LogP contribution >= 0.6 is 0 Å². The fourth-order valence-electron chi connectivity index (χ4n) is 11.5. The number of aryl methyl sites for hydroxylation is 2. The first kappa shape index (κ1) is 70.7. The fourth-order valence-corrected chi connectivity index (χ4v) is 11.9. The summed E-state index contributed by atoms with van der Waals surface area (Å²) in [4.78, 5) is 168. The van der Waals surface area contributed by atoms with Crippen molar-refractivity contribution in [3.63, 3.8) is 0 Å². The zero-order valence-corrected chi connectivity index (χ0v) is 52.3. The van der Waals surface area contributed by atoms with Crippen LogP contribution in [0.1, 0.15) is 156 Å². The van der Waals surface area contributed by atoms with Crippen LogP contribution in [0.2, 0.25) is 0 Å². The van der Waals surface area contributed by atoms with E-state index in [1.165, 1.54) is 6.92 Å². The molecule has 1 saturated heterocycles. The second-order valence-electron chi connectivity index (χ2n) is 22.5. The number of Topliss-reactive ketones (excluding diaryl/α,β-unsaturated/α-hetero) is 1. The number of ether oxygens (including phenoxy) is 1. The minimum atomic E-state index is -4.53. The molecule has 6 rings (SSSR count). The highest BCUT2D eigenvalue weighted by Crippen LogP contribution is 2.43. The molecule has 3 aliphatic rings. The number of nitrogens with one attached hydrogen (secondary N) is 8. The van der Waals surface area contributed by atoms with Crippen molar-refractivity contribution in [2.24, 2.45) is 22.2 Å². The zero-order chi connectivity index (χ0) is 67.3. The van der Waals surface area contributed by atoms with E-state index >= 15 is 0 Å². The molecule has 32 nitrogen and oxygen atoms in total. The lowest BCUT2D eigenvalue weighted by atomic mass is 9.85. The molecular formula is C58H79N15O17S. The minimum absolute atomic E-state index is 0.0193. The number of primary amides is 1. The highest BCUT2D eigenvalue weighted by atomic mass is 32.2. The summed E-state index contributed by atoms with van der Waals surface area (Å²) in [6.07, 6.45) is -0.772. The number of aliphatic imine (C=N–C) groups is 1. The molecule has 0 radical (unpaired) electrons. The monoisotopic (exact) mass is 1290 g/mol. The highest BCUT2D eigenvalue weighted by molar-refractivity contribution is 7.85. The molecule has 91 heavy (non-hydrogen) atoms. The smallest absolute Gasteiger partial charge is 0.310 e. The van der Waals surface area contributed by atoms with Crippen molar-refractivity contribution >= 4 is 103 Å². The Morgan fingerprint density at radius 2 is 1.41 bits per heavy atom. The van der Waals surface area contributed by atoms with Crippen LogP contribution in [0.15, 0.2) is 23.2 Å². The van der Waals surface area contributed by atoms with Gasteiger partial charge in [-0.3, -0.25) is 72.3 Å². The molecule has 0 spiro atoms. The van der Waals surface area contributed by atoms with Gasteiger partial charge in [-0.2, -0.15) is 8.42 Å². The Balaban J connectivity index is 1.31. The van der Waals surface area contributed by atoms with Crippen molar-refractivity contribution in [3.05, 3.63) is 68.8 Å². The molecule has 8 bridgehead atoms. The van der Waals surface area contributed by atoms with E-state index in [9.17, 15) is 75.9 Å². The molecule has 494 valence electrons. The number of rotatable bonds is 28. The van der Waals surface area contributed by atoms with Crippen LogP contribution < -0.4 is 49.1 Å². The normalized spacial score (nSPS) is 17.9. The number of carbonyl (C=O) groups is 11. The Kier molecular flexibility index (Phi) is 24.0. The first-order valence-corrected chi connectivity index (χ1v) is 31.0. The van der Waals surface area contributed by atoms with Gasteiger partial charge in [0.25, 0.3) is 16.0 Å². The Morgan fingerprint density at radius 1 is 0.791 bits per heavy atom. The number of nitrogens with two attached hydrogens (primary N) is 3. The SMILES string of the molecule is CC[C@H]1c2cc3[nH]c(c(CC(=O)OC)c4nc(cc5[nH]c(cc(n2)[C@@H]1C)c(C(C)=O)c5C)[C@@H](C)[C@@H]4CC(=O)NCC(=O)N[C@@H](CCCN=C(N)N)C(=O)NCC(=O)N[C@@H](CC(=O)O)C(=O)N[C@@H](CO)C(=O)N1CCC[C@H]1C(N)=O)c(C(=O)NCCS(=O)(=O)O)c3C. The largest absolute Gasteiger partial charge is 0.481 e. The van der Waals surface area contributed by atoms with Crippen molar-refractivity contribution in [3.8, 4) is 0 Å². The Hall–Kier alpha value is -9.37. The van der Waals surface area contributed by atoms with E-state index in [0.29, 0.717) is 63.2 Å². The lowest BCUT2D eigenvalue weighted by Crippen LogP contribution is -2.58. The number of hydrogen-bond acceptors (Lipinski definition) is 18. The van der Waals surface area contributed by atoms with Crippen LogP contribution in [0.5, 0.6) is 0 Å². The number of likely N-dealkylation sites (tertiary alicyclic amines) is 1. The zero-order valence-electron chi connectivity index (χ0n) is 51.4. The number of aliphatic hydroxyl groups is 1. The number of esters is 1. The average Bonchev–Trinajstić information content (AvgIpc) is 1.61. The Morgan fingerprint density at radius 3 is 2.02 bits per heavy atom. The maximum atomic E-state index is 14.4. The Labute approximate surface area is 522 Å². The quantitative estimate of drug-likeness (QED) is 0.0101. The maximum absolute atomic E-state index is 14.4. The minimum Gasteiger partial charge on any atom is -0.481 e. The number of nitrogens with zero attached hydrogens (tertiary/aromatic N) is 4. The third-order valence-corrected chi connectivity index (χ3v) is 17.0. The van der Waals surface area contributed by atoms with Crippen molar-refractivity contribution < 1.29 is 80.7 Å². The molecule has 17 N–H and O–H groups in total. The molecule has 0 unspecified atom stereocenters. The van der Waals surface area contributed by atoms with E-state index in [2.05, 4.69) is 46.9 Å². The third-order valence-electron chi connectivity index (χ3n) is 16.2. The fraction of sp³-hybridized carbons (Fsp3) is 0.517. The lowest BCUT2D eigenvalue weighted by Gasteiger charge is -2.28. The van der Waals surface area contributed by atoms with E-state index in [1.807, 2.05) is 19.9 Å². The van der Waals surface area contributed by atoms with E-state index in [4.69, 9.17) is 31.9 Å². The third kappa shape index (κ3) is 18.0. The summed E-state index contributed by atoms with van der Waals surface area (Å²) in [5, 5.41) is 33.8. The number of methoxy groups -OCH3 is 1. The van der Waals surface area contributed by atoms with Crippen molar-refractivity contribution in [2.75, 3.05) is 52.2 Å². The predicted octanol–water partition coefficient (Wildman–Crippen LogP) is -1.27. The Bertz CT molecular complexity index is 3690. The summed E-state index contributed by atoms with van der Waals surface area (Å²) in [5.41, 5.74) is 20.9. The van der Waals surface area contributed by atoms with Crippen molar-refractivity contribution in [1.82, 2.24) is 56.7 Å². The number of ketones is 1. The van der Waals surface area contributed by atoms with E-state index in [-0.39, 0.29) is 78.3 Å². The molecular weight excluding hydrogens is 1210 g/mol. The topological polar surface area (TPSA) is 515 Å². The van der Waals surface area contributed by atoms with Gasteiger partial charge in [-0.15, -0.1) is 0 Å². The molecule has 1 fully saturated rings. The number of aliphatic carboxylic acids is 1. The highest BCUT2D eigenvalue weighted by Gasteiger charge is 2.39. The summed E-state index contributed by atoms with van der Waals surface area (Å²) in [7, 11) is -3.38. The average molecular weight is 1290 g/mol. The van der Waals surface area contributed by atoms with Gasteiger partial charge in [0, 0.05) is 89.0 Å². The van der Waals surface area contributed by atoms with Crippen LogP contribution in [-0.2, 0) is 64.4 Å². The van der Waals surface area contributed by atoms with Gasteiger partial charge in [-0.25, -0.2) is 0 Å². The molecule has 8 atom stereocenters. The van der Waals surface area contributed by atoms with Gasteiger partial charge in [0.15, 0.2) is 11.7 Å². The maximum Gasteiger partial charge on any atom is 0.310 e. The van der Waals surface area contributed by atoms with Crippen LogP contribution in [-0.4, -0.2) is 195 Å². The van der Waals surface area contributed by atoms with Crippen LogP contribution in [0.3, 0.4) is 0 Å². The van der Waals surface area contributed by atoms with E-state index in [1.54, 1.807) is 32.9 Å². The number of amides is 8. The number of carbonyl (C=O) groups excluding carboxylic acids is 10. The van der Waals surface area contributed by atoms with Gasteiger partial charge >= 0.3 is 11.9 Å². The number of aliphatic hydroxyl groups excluding tert-OH is 1. The summed E-state index contributed by atoms with van der Waals surface area (Å²) in [6.45, 7) is 7.55. The number of carboxylic acids is 1. The first-order valence-electron chi connectivity index (χ1n) is 29.4. The lowest BCUT2D eigenvalue weighted by molar-refractivity contribution is -0.143. The van der Waals surface area contributed by atoms with Gasteiger partial charge in [-0.05, 0) is 82.2 Å². The number of carboxylic acid groups (broad SMARTS) is 1. The second-order valence-corrected chi connectivity index (χ2v) is 24.1. The van der Waals surface area contributed by atoms with Crippen molar-refractivity contribution in [2.45, 2.75) is 141 Å². The van der Waals surface area contributed by atoms with Crippen LogP contribution in [0.25, 0.3) is 22.1 Å². The summed E-state index contributed by atoms with van der Waals surface area (Å²) in [6, 6.07) is -0.658. The van der Waals surface area contributed by atoms with Crippen molar-refractivity contribution in [1.29, 1.82) is 0 Å². The van der Waals surface area contributed by atoms with Crippen LogP contribution in [0.4, 0.5) is 0 Å². The number of guanidine groups is 1. The molecule has 0 saturated carbocycles. The predicted molar refractivity (Wildman–Crippen MR) is 327 cm³/mol. The van der Waals surface area contributed by atoms with Gasteiger partial charge < -0.3 is 78.9 Å². The molecule has 3 aromatic heterocycles. The first-order chi connectivity index (χ1) is 42.9. The number of hydrogen-bond donors (Lipinski definition) is 14. The second kappa shape index (κ2) is 30.9. The number of aromatic nitrogens is 4. The van der Waals surface area contributed by atoms with Gasteiger partial charge in [0.2, 0.25) is 41.4 Å². The molecule has 3 aromatic rings. The van der Waals surface area contributed by atoms with Gasteiger partial charge in [-0.1, -0.05) is 20.8 Å². The number of aromatic amines is 2. The number of H-pyrrole nitrogens is 2. The molecule has 8 amide bonds. The summed E-state index contributed by atoms with van der Waals surface area (Å²) < 4.78 is 38.2. The molecule has 0 aliphatic carbocycles. The molecule has 33 heteroatoms. The van der Waals surface area contributed by atoms with E-state index in [0.717, 1.165) is 12.0 Å². The van der Waals surface area contributed by atoms with Gasteiger partial charge in [0.05, 0.1) is 67.7 Å². The number of fused-ring (bicyclic) bond motifs is 8. The van der Waals surface area contributed by atoms with Gasteiger partial charge in [0.1, 0.15) is 24.2 Å². The van der Waals surface area contributed by atoms with E-state index < -0.39 is 157 Å². The standard InChI is InChI=1S/C58H79N15O17S/c1-8-31-26(2)35-21-40-49(30(6)75)28(4)37(67-40)19-36-27(3)32(51(70-36)33(18-48(81)90-7)52-50(56(85)62-14-16-91(87,88)89)29(5)38(71-52)20-39(31)66-35)17-44(76)64-23-45(77)68-34(11-9-13-63-58(60)61)54(83)65-24-46(78)69-41(22-47(79)80)55(84)72-42(25-74)57(86)73-15-10-12-43(73)53(59)82/h19-21,26-27,31-32,34,41-43,67,71,74H,8-18,22-25H2,1-7H3,(H2,59,82)(H,62,85)(H,64,76)(H,65,83)(H,68,77)(H,69,78)(H,72,84)(H,79,80)(H4,60,61,63)(H,87,88,89)/t26-,27+,31-,32+,34+,41+,42+,43+/m1/s1. The summed E-state index contributed by atoms with van der Waals surface area (Å²) in [5.74, 6) is -13.0. The molecule has 3 aliphatic heterocycles. The molecule has 0 aromatic carbocycles. The summed E-state index contributed by atoms with van der Waals surface area (Å²) >= 11 is 0. The van der Waals surface area contributed by atoms with Crippen LogP contribution in [0, 0.1) is 13.8 Å². The molecule has 6 heterocycles.